The van der Waals surface area contributed by atoms with Gasteiger partial charge in [0.05, 0.1) is 76.1 Å². The van der Waals surface area contributed by atoms with Crippen LogP contribution in [0.5, 0.6) is 0 Å². The summed E-state index contributed by atoms with van der Waals surface area (Å²) >= 11 is 0. The van der Waals surface area contributed by atoms with Crippen molar-refractivity contribution in [2.45, 2.75) is 303 Å². The molecule has 6 aliphatic rings. The Balaban J connectivity index is 0.964. The molecular formula is C73H127N9O37P3-3. The summed E-state index contributed by atoms with van der Waals surface area (Å²) in [5.41, 5.74) is 0. The Morgan fingerprint density at radius 3 is 0.967 bits per heavy atom. The van der Waals surface area contributed by atoms with Gasteiger partial charge in [0.2, 0.25) is 53.2 Å². The van der Waals surface area contributed by atoms with Crippen molar-refractivity contribution in [3.8, 4) is 0 Å². The summed E-state index contributed by atoms with van der Waals surface area (Å²) in [5.74, 6) is -3.88. The van der Waals surface area contributed by atoms with Gasteiger partial charge in [-0.1, -0.05) is 19.3 Å². The molecule has 6 fully saturated rings. The largest absolute Gasteiger partial charge is 0.756 e. The van der Waals surface area contributed by atoms with E-state index in [-0.39, 0.29) is 134 Å². The Bertz CT molecular complexity index is 3410. The lowest BCUT2D eigenvalue weighted by Gasteiger charge is -2.42. The predicted octanol–water partition coefficient (Wildman–Crippen LogP) is -5.56. The average molecular weight is 1820 g/mol. The fraction of sp³-hybridized carbons (Fsp3) is 0.877. The van der Waals surface area contributed by atoms with Crippen LogP contribution < -0.4 is 46.6 Å². The molecule has 0 aromatic carbocycles. The molecule has 19 unspecified atom stereocenters. The van der Waals surface area contributed by atoms with E-state index in [1.807, 2.05) is 0 Å². The molecule has 0 aromatic heterocycles. The second-order valence-corrected chi connectivity index (χ2v) is 35.3. The topological polar surface area (TPSA) is 669 Å². The first kappa shape index (κ1) is 106. The highest BCUT2D eigenvalue weighted by Crippen LogP contribution is 2.47. The highest BCUT2D eigenvalue weighted by Gasteiger charge is 2.49. The third kappa shape index (κ3) is 36.2. The van der Waals surface area contributed by atoms with Gasteiger partial charge in [-0.3, -0.25) is 56.8 Å². The van der Waals surface area contributed by atoms with Crippen molar-refractivity contribution in [1.29, 1.82) is 0 Å². The van der Waals surface area contributed by atoms with Gasteiger partial charge in [-0.15, -0.1) is 0 Å². The Labute approximate surface area is 707 Å². The standard InChI is InChI=1S/C73H130N9O37P3/c1-44(86)77-62-68(99)65(96)53(38-83)115-71(62)109-29-17-11-20-56(90)74-26-14-5-8-23-59(93)80-35-50(89)32-47(80)41-113-121(104,105)118-52-34-49(82(37-52)61(95)25-10-7-16-28-76-58(92)22-13-19-31-111-73-64(79-46(3)88)70(101)67(98)55(40-85)117-73)43-114-122(106,107)119-51-33-48(42-112-120(102,103)108-4)81(36-51)60(94)24-9-6-15-27-75-57(91)21-12-18-30-110-72-63(78-45(2)87)69(100)66(97)54(39-84)116-72/h47-55,62-73,83-85,89,96-101H,5-43H2,1-4H3,(H,74,90)(H,75,91)(H,76,92)(H,77,86)(H,78,87)(H,79,88)(H,102,103)(H,104,105)(H,106,107)/p-3/t47-,48-,49-,50+,51+,52?,53?,54?,55?,62?,63?,64?,65?,66?,67?,68?,69?,70?,71?,72?,73?/m0/s1. The van der Waals surface area contributed by atoms with Gasteiger partial charge in [0.25, 0.3) is 23.5 Å². The van der Waals surface area contributed by atoms with Crippen molar-refractivity contribution in [3.63, 3.8) is 0 Å². The molecular weight excluding hydrogens is 1690 g/mol. The highest BCUT2D eigenvalue weighted by atomic mass is 31.2. The fourth-order valence-electron chi connectivity index (χ4n) is 14.9. The molecule has 122 heavy (non-hydrogen) atoms. The molecule has 0 spiro atoms. The molecule has 6 aliphatic heterocycles. The smallest absolute Gasteiger partial charge is 0.268 e. The summed E-state index contributed by atoms with van der Waals surface area (Å²) in [7, 11) is -14.8. The Hall–Kier alpha value is -5.08. The van der Waals surface area contributed by atoms with Crippen molar-refractivity contribution < 1.29 is 178 Å². The van der Waals surface area contributed by atoms with Gasteiger partial charge in [-0.25, -0.2) is 0 Å². The molecule has 0 aromatic rings. The zero-order valence-corrected chi connectivity index (χ0v) is 72.1. The molecule has 16 N–H and O–H groups in total. The number of ether oxygens (including phenoxy) is 6. The van der Waals surface area contributed by atoms with Gasteiger partial charge in [0.1, 0.15) is 73.1 Å². The van der Waals surface area contributed by atoms with Gasteiger partial charge < -0.3 is 168 Å². The molecule has 9 amide bonds. The van der Waals surface area contributed by atoms with E-state index in [1.165, 1.54) is 35.5 Å². The number of nitrogens with one attached hydrogen (secondary N) is 6. The number of phosphoric ester groups is 3. The van der Waals surface area contributed by atoms with E-state index in [9.17, 15) is 123 Å². The summed E-state index contributed by atoms with van der Waals surface area (Å²) in [6, 6.07) is -6.52. The summed E-state index contributed by atoms with van der Waals surface area (Å²) in [6.45, 7) is -0.354. The van der Waals surface area contributed by atoms with Gasteiger partial charge in [-0.05, 0) is 96.3 Å². The normalized spacial score (nSPS) is 30.1. The highest BCUT2D eigenvalue weighted by molar-refractivity contribution is 7.46. The Kier molecular flexibility index (Phi) is 46.5. The second kappa shape index (κ2) is 53.7. The third-order valence-electron chi connectivity index (χ3n) is 21.3. The van der Waals surface area contributed by atoms with Crippen LogP contribution in [0.2, 0.25) is 0 Å². The first-order chi connectivity index (χ1) is 57.9. The zero-order chi connectivity index (χ0) is 89.9. The first-order valence-electron chi connectivity index (χ1n) is 41.6. The Morgan fingerprint density at radius 2 is 0.672 bits per heavy atom. The molecule has 0 aliphatic carbocycles. The van der Waals surface area contributed by atoms with Crippen LogP contribution >= 0.6 is 23.5 Å². The van der Waals surface area contributed by atoms with Gasteiger partial charge in [0, 0.05) is 125 Å². The molecule has 46 nitrogen and oxygen atoms in total. The van der Waals surface area contributed by atoms with Crippen LogP contribution in [0, 0.1) is 0 Å². The van der Waals surface area contributed by atoms with Gasteiger partial charge >= 0.3 is 0 Å². The van der Waals surface area contributed by atoms with E-state index in [2.05, 4.69) is 36.4 Å². The van der Waals surface area contributed by atoms with E-state index >= 15 is 0 Å². The van der Waals surface area contributed by atoms with Crippen LogP contribution in [-0.2, 0) is 112 Å². The molecule has 0 bridgehead atoms. The minimum atomic E-state index is -5.42. The number of likely N-dealkylation sites (tertiary alicyclic amines) is 3. The van der Waals surface area contributed by atoms with Crippen molar-refractivity contribution in [2.24, 2.45) is 0 Å². The molecule has 0 radical (unpaired) electrons. The second-order valence-electron chi connectivity index (χ2n) is 31.1. The number of hydrogen-bond donors (Lipinski definition) is 16. The third-order valence-corrected chi connectivity index (χ3v) is 24.3. The summed E-state index contributed by atoms with van der Waals surface area (Å²) < 4.78 is 105. The Morgan fingerprint density at radius 1 is 0.385 bits per heavy atom. The van der Waals surface area contributed by atoms with Crippen molar-refractivity contribution in [2.75, 3.05) is 106 Å². The number of aliphatic hydroxyl groups is 10. The minimum absolute atomic E-state index is 0.00461. The van der Waals surface area contributed by atoms with Crippen molar-refractivity contribution >= 4 is 76.6 Å². The van der Waals surface area contributed by atoms with Gasteiger partial charge in [-0.2, -0.15) is 0 Å². The van der Waals surface area contributed by atoms with E-state index < -0.39 is 233 Å². The molecule has 24 atom stereocenters. The molecule has 6 heterocycles. The number of aliphatic hydroxyl groups excluding tert-OH is 10. The van der Waals surface area contributed by atoms with Crippen LogP contribution in [0.3, 0.4) is 0 Å². The molecule has 6 saturated heterocycles. The lowest BCUT2D eigenvalue weighted by molar-refractivity contribution is -0.270. The van der Waals surface area contributed by atoms with E-state index in [0.29, 0.717) is 90.0 Å². The summed E-state index contributed by atoms with van der Waals surface area (Å²) in [4.78, 5) is 158. The summed E-state index contributed by atoms with van der Waals surface area (Å²) in [6.07, 6.45) is -14.4. The van der Waals surface area contributed by atoms with Crippen LogP contribution in [0.4, 0.5) is 0 Å². The predicted molar refractivity (Wildman–Crippen MR) is 414 cm³/mol. The lowest BCUT2D eigenvalue weighted by Crippen LogP contribution is -2.64. The van der Waals surface area contributed by atoms with Crippen LogP contribution in [0.1, 0.15) is 175 Å². The number of β-amino-alcohol motifs (C(OH)–C–C–N with tert-alkyl or cyclic N) is 1. The number of hydrogen-bond acceptors (Lipinski definition) is 37. The number of unbranched alkanes of at least 4 members (excludes halogenated alkanes) is 9. The average Bonchev–Trinajstić information content (AvgIpc) is 1.79. The maximum Gasteiger partial charge on any atom is 0.268 e. The number of nitrogens with zero attached hydrogens (tertiary/aromatic N) is 3. The quantitative estimate of drug-likeness (QED) is 0.0199. The SMILES string of the molecule is COP(=O)([O-])OC[C@@H]1C[C@@H](OP(=O)([O-])OC[C@@H]2CC(OP(=O)([O-])OC[C@@H]3C[C@@H](O)CN3C(=O)CCCCCNC(=O)CCCCOC3OC(CO)C(O)C(O)C3NC(C)=O)CN2C(=O)CCCCCNC(=O)CCCCOC2OC(CO)C(O)C(O)C2NC(C)=O)CN1C(=O)CCCCCNC(=O)CCCCOC1OC(CO)C(O)C(O)C1NC(C)=O. The van der Waals surface area contributed by atoms with E-state index in [1.54, 1.807) is 0 Å². The lowest BCUT2D eigenvalue weighted by atomic mass is 9.97. The van der Waals surface area contributed by atoms with E-state index in [4.69, 9.17) is 51.0 Å². The number of phosphoric acid groups is 3. The number of rotatable bonds is 56. The van der Waals surface area contributed by atoms with E-state index in [0.717, 1.165) is 7.11 Å². The maximum absolute atomic E-state index is 14.1. The van der Waals surface area contributed by atoms with Crippen LogP contribution in [-0.4, -0.2) is 353 Å². The first-order valence-corrected chi connectivity index (χ1v) is 46.0. The maximum atomic E-state index is 14.1. The minimum Gasteiger partial charge on any atom is -0.756 e. The summed E-state index contributed by atoms with van der Waals surface area (Å²) in [5, 5.41) is 117. The van der Waals surface area contributed by atoms with Crippen LogP contribution in [0.15, 0.2) is 0 Å². The fourth-order valence-corrected chi connectivity index (χ4v) is 17.2. The van der Waals surface area contributed by atoms with Gasteiger partial charge in [0.15, 0.2) is 18.9 Å². The van der Waals surface area contributed by atoms with Crippen molar-refractivity contribution in [3.05, 3.63) is 0 Å². The molecule has 704 valence electrons. The monoisotopic (exact) mass is 1810 g/mol. The number of amides is 9. The molecule has 49 heteroatoms. The molecule has 0 saturated carbocycles. The molecule has 6 rings (SSSR count). The van der Waals surface area contributed by atoms with Crippen LogP contribution in [0.25, 0.3) is 0 Å². The number of carbonyl (C=O) groups is 9. The van der Waals surface area contributed by atoms with Crippen molar-refractivity contribution in [1.82, 2.24) is 46.6 Å². The zero-order valence-electron chi connectivity index (χ0n) is 69.4. The number of carbonyl (C=O) groups excluding carboxylic acids is 9.